The van der Waals surface area contributed by atoms with Crippen molar-refractivity contribution in [1.82, 2.24) is 0 Å². The molecule has 0 N–H and O–H groups in total. The number of ketones is 2. The van der Waals surface area contributed by atoms with E-state index >= 15 is 0 Å². The van der Waals surface area contributed by atoms with Gasteiger partial charge in [0.15, 0.2) is 11.6 Å². The van der Waals surface area contributed by atoms with Crippen molar-refractivity contribution in [2.75, 3.05) is 0 Å². The summed E-state index contributed by atoms with van der Waals surface area (Å²) < 4.78 is 0. The maximum absolute atomic E-state index is 13.3. The van der Waals surface area contributed by atoms with Gasteiger partial charge in [-0.1, -0.05) is 113 Å². The first-order valence-corrected chi connectivity index (χ1v) is 16.6. The molecule has 0 atom stereocenters. The van der Waals surface area contributed by atoms with Gasteiger partial charge in [0.2, 0.25) is 0 Å². The first kappa shape index (κ1) is 36.3. The molecule has 0 heterocycles. The number of hydrogen-bond acceptors (Lipinski definition) is 6. The molecule has 0 unspecified atom stereocenters. The van der Waals surface area contributed by atoms with Gasteiger partial charge >= 0.3 is 0 Å². The van der Waals surface area contributed by atoms with Crippen LogP contribution >= 0.6 is 0 Å². The molecule has 48 heavy (non-hydrogen) atoms. The summed E-state index contributed by atoms with van der Waals surface area (Å²) in [6, 6.07) is 15.7. The Balaban J connectivity index is 1.64. The topological polar surface area (TPSA) is 83.6 Å². The fraction of sp³-hybridized carbons (Fsp3) is 0.381. The highest BCUT2D eigenvalue weighted by atomic mass is 16.1. The molecule has 0 aromatic heterocycles. The second kappa shape index (κ2) is 13.5. The summed E-state index contributed by atoms with van der Waals surface area (Å²) in [6.07, 6.45) is 11.1. The number of hydrogen-bond donors (Lipinski definition) is 0. The number of nitrogens with zero attached hydrogens (tertiary/aromatic N) is 4. The Morgan fingerprint density at radius 1 is 0.500 bits per heavy atom. The lowest BCUT2D eigenvalue weighted by Gasteiger charge is -2.31. The van der Waals surface area contributed by atoms with Crippen molar-refractivity contribution in [3.05, 3.63) is 119 Å². The Bertz CT molecular complexity index is 1790. The highest BCUT2D eigenvalue weighted by molar-refractivity contribution is 6.12. The molecule has 0 fully saturated rings. The van der Waals surface area contributed by atoms with Gasteiger partial charge in [-0.2, -0.15) is 20.5 Å². The zero-order valence-electron chi connectivity index (χ0n) is 30.7. The highest BCUT2D eigenvalue weighted by Crippen LogP contribution is 2.40. The monoisotopic (exact) mass is 642 g/mol. The largest absolute Gasteiger partial charge is 0.289 e. The molecule has 6 nitrogen and oxygen atoms in total. The number of carbonyl (C=O) groups is 2. The Hall–Kier alpha value is -4.58. The van der Waals surface area contributed by atoms with E-state index in [1.807, 2.05) is 72.8 Å². The molecule has 2 aliphatic carbocycles. The van der Waals surface area contributed by atoms with Gasteiger partial charge < -0.3 is 0 Å². The molecule has 4 rings (SSSR count). The lowest BCUT2D eigenvalue weighted by atomic mass is 9.72. The minimum Gasteiger partial charge on any atom is -0.289 e. The third-order valence-corrected chi connectivity index (χ3v) is 8.27. The Labute approximate surface area is 287 Å². The SMILES string of the molecule is CC(C)(C)C1=CC(=CN=Nc2cccc(-c3ccccc3N=NC=C3C=C(C(C)(C)C)C(=O)C(C(C)(C)C)=C3)c2)C=C(C(C)(C)C)C1=O. The normalized spacial score (nSPS) is 16.7. The van der Waals surface area contributed by atoms with E-state index in [4.69, 9.17) is 0 Å². The predicted molar refractivity (Wildman–Crippen MR) is 197 cm³/mol. The van der Waals surface area contributed by atoms with Gasteiger partial charge in [0.1, 0.15) is 0 Å². The van der Waals surface area contributed by atoms with Crippen LogP contribution in [0.5, 0.6) is 0 Å². The Morgan fingerprint density at radius 3 is 1.35 bits per heavy atom. The van der Waals surface area contributed by atoms with Crippen molar-refractivity contribution < 1.29 is 9.59 Å². The smallest absolute Gasteiger partial charge is 0.186 e. The van der Waals surface area contributed by atoms with Crippen molar-refractivity contribution in [2.24, 2.45) is 42.1 Å². The number of benzene rings is 2. The van der Waals surface area contributed by atoms with Crippen LogP contribution in [0.2, 0.25) is 0 Å². The molecule has 0 radical (unpaired) electrons. The van der Waals surface area contributed by atoms with E-state index in [0.717, 1.165) is 44.6 Å². The molecule has 0 aliphatic heterocycles. The summed E-state index contributed by atoms with van der Waals surface area (Å²) in [5, 5.41) is 18.0. The molecule has 0 saturated carbocycles. The average molecular weight is 643 g/mol. The standard InChI is InChI=1S/C42H50N4O2/c1-39(2,3)32-20-27(21-33(37(32)47)40(4,5)6)25-43-45-30-17-15-16-29(24-30)31-18-13-14-19-36(31)46-44-26-28-22-34(41(7,8)9)38(48)35(23-28)42(10,11)12/h13-26H,1-12H3. The molecule has 6 heteroatoms. The van der Waals surface area contributed by atoms with Gasteiger partial charge in [-0.15, -0.1) is 0 Å². The summed E-state index contributed by atoms with van der Waals surface area (Å²) >= 11 is 0. The molecule has 2 aromatic rings. The Kier molecular flexibility index (Phi) is 10.2. The van der Waals surface area contributed by atoms with Crippen molar-refractivity contribution in [2.45, 2.75) is 83.1 Å². The van der Waals surface area contributed by atoms with Crippen LogP contribution in [0.3, 0.4) is 0 Å². The van der Waals surface area contributed by atoms with Crippen molar-refractivity contribution in [1.29, 1.82) is 0 Å². The van der Waals surface area contributed by atoms with Crippen LogP contribution in [-0.2, 0) is 9.59 Å². The third kappa shape index (κ3) is 8.66. The van der Waals surface area contributed by atoms with E-state index in [2.05, 4.69) is 104 Å². The first-order chi connectivity index (χ1) is 22.2. The zero-order chi connectivity index (χ0) is 35.7. The van der Waals surface area contributed by atoms with Gasteiger partial charge in [-0.05, 0) is 80.9 Å². The van der Waals surface area contributed by atoms with Gasteiger partial charge in [0, 0.05) is 27.9 Å². The van der Waals surface area contributed by atoms with Crippen molar-refractivity contribution >= 4 is 22.9 Å². The van der Waals surface area contributed by atoms with Crippen LogP contribution in [0.1, 0.15) is 83.1 Å². The molecule has 0 saturated heterocycles. The van der Waals surface area contributed by atoms with E-state index in [9.17, 15) is 9.59 Å². The van der Waals surface area contributed by atoms with Gasteiger partial charge in [-0.3, -0.25) is 9.59 Å². The summed E-state index contributed by atoms with van der Waals surface area (Å²) in [5.41, 5.74) is 6.85. The number of carbonyl (C=O) groups excluding carboxylic acids is 2. The highest BCUT2D eigenvalue weighted by Gasteiger charge is 2.35. The second-order valence-electron chi connectivity index (χ2n) is 16.6. The van der Waals surface area contributed by atoms with Crippen LogP contribution < -0.4 is 0 Å². The second-order valence-corrected chi connectivity index (χ2v) is 16.6. The van der Waals surface area contributed by atoms with Gasteiger partial charge in [0.05, 0.1) is 23.8 Å². The predicted octanol–water partition coefficient (Wildman–Crippen LogP) is 12.3. The number of rotatable bonds is 5. The fourth-order valence-electron chi connectivity index (χ4n) is 5.54. The number of Topliss-reactive ketones (excluding diaryl/α,β-unsaturated/α-hetero) is 2. The fourth-order valence-corrected chi connectivity index (χ4v) is 5.54. The van der Waals surface area contributed by atoms with E-state index in [0.29, 0.717) is 11.4 Å². The summed E-state index contributed by atoms with van der Waals surface area (Å²) in [4.78, 5) is 26.6. The van der Waals surface area contributed by atoms with Crippen molar-refractivity contribution in [3.8, 4) is 11.1 Å². The minimum absolute atomic E-state index is 0.0914. The minimum atomic E-state index is -0.295. The van der Waals surface area contributed by atoms with Crippen LogP contribution in [0, 0.1) is 21.7 Å². The van der Waals surface area contributed by atoms with Gasteiger partial charge in [-0.25, -0.2) is 0 Å². The van der Waals surface area contributed by atoms with Crippen LogP contribution in [-0.4, -0.2) is 11.6 Å². The van der Waals surface area contributed by atoms with Gasteiger partial charge in [0.25, 0.3) is 0 Å². The van der Waals surface area contributed by atoms with E-state index in [1.54, 1.807) is 12.4 Å². The number of azo groups is 2. The van der Waals surface area contributed by atoms with E-state index in [1.165, 1.54) is 0 Å². The molecule has 0 bridgehead atoms. The third-order valence-electron chi connectivity index (χ3n) is 8.27. The summed E-state index contributed by atoms with van der Waals surface area (Å²) in [7, 11) is 0. The lowest BCUT2D eigenvalue weighted by molar-refractivity contribution is -0.114. The molecule has 0 amide bonds. The Morgan fingerprint density at radius 2 is 0.917 bits per heavy atom. The average Bonchev–Trinajstić information content (AvgIpc) is 2.96. The molecule has 0 spiro atoms. The van der Waals surface area contributed by atoms with Crippen LogP contribution in [0.25, 0.3) is 11.1 Å². The van der Waals surface area contributed by atoms with E-state index < -0.39 is 0 Å². The molecule has 2 aliphatic rings. The maximum Gasteiger partial charge on any atom is 0.186 e. The summed E-state index contributed by atoms with van der Waals surface area (Å²) in [6.45, 7) is 24.7. The maximum atomic E-state index is 13.3. The molecular formula is C42H50N4O2. The number of allylic oxidation sites excluding steroid dienone is 10. The summed E-state index contributed by atoms with van der Waals surface area (Å²) in [5.74, 6) is 0.184. The van der Waals surface area contributed by atoms with Crippen LogP contribution in [0.4, 0.5) is 11.4 Å². The van der Waals surface area contributed by atoms with E-state index in [-0.39, 0.29) is 33.2 Å². The quantitative estimate of drug-likeness (QED) is 0.304. The van der Waals surface area contributed by atoms with Crippen molar-refractivity contribution in [3.63, 3.8) is 0 Å². The molecule has 2 aromatic carbocycles. The zero-order valence-corrected chi connectivity index (χ0v) is 30.7. The van der Waals surface area contributed by atoms with Crippen LogP contribution in [0.15, 0.2) is 139 Å². The molecule has 250 valence electrons. The molecular weight excluding hydrogens is 592 g/mol. The first-order valence-electron chi connectivity index (χ1n) is 16.6. The lowest BCUT2D eigenvalue weighted by Crippen LogP contribution is -2.27.